The Hall–Kier alpha value is -0.980. The number of hydrogen-bond acceptors (Lipinski definition) is 3. The standard InChI is InChI=1S/C15H23FN2O2S/c1-2-8-17-11-13-5-4-9-18(12-13)21(19,20)15-7-3-6-14(16)10-15/h3,6-7,10,13,17H,2,4-5,8-9,11-12H2,1H3. The highest BCUT2D eigenvalue weighted by Gasteiger charge is 2.30. The van der Waals surface area contributed by atoms with Crippen molar-refractivity contribution in [2.75, 3.05) is 26.2 Å². The molecule has 1 aromatic rings. The number of nitrogens with one attached hydrogen (secondary N) is 1. The van der Waals surface area contributed by atoms with Crippen LogP contribution in [-0.4, -0.2) is 38.9 Å². The first-order chi connectivity index (χ1) is 10.0. The zero-order valence-electron chi connectivity index (χ0n) is 12.4. The highest BCUT2D eigenvalue weighted by molar-refractivity contribution is 7.89. The van der Waals surface area contributed by atoms with Crippen LogP contribution < -0.4 is 5.32 Å². The third-order valence-electron chi connectivity index (χ3n) is 3.78. The molecule has 0 radical (unpaired) electrons. The van der Waals surface area contributed by atoms with E-state index in [1.165, 1.54) is 22.5 Å². The van der Waals surface area contributed by atoms with Gasteiger partial charge in [-0.05, 0) is 56.5 Å². The molecule has 0 aromatic heterocycles. The molecule has 6 heteroatoms. The first kappa shape index (κ1) is 16.4. The monoisotopic (exact) mass is 314 g/mol. The van der Waals surface area contributed by atoms with Crippen LogP contribution in [0.25, 0.3) is 0 Å². The summed E-state index contributed by atoms with van der Waals surface area (Å²) in [4.78, 5) is 0.0460. The summed E-state index contributed by atoms with van der Waals surface area (Å²) < 4.78 is 39.9. The molecule has 0 aliphatic carbocycles. The minimum atomic E-state index is -3.58. The van der Waals surface area contributed by atoms with Crippen LogP contribution in [0.5, 0.6) is 0 Å². The van der Waals surface area contributed by atoms with Crippen LogP contribution in [0.3, 0.4) is 0 Å². The second-order valence-corrected chi connectivity index (χ2v) is 7.47. The predicted octanol–water partition coefficient (Wildman–Crippen LogP) is 2.23. The Morgan fingerprint density at radius 2 is 2.24 bits per heavy atom. The van der Waals surface area contributed by atoms with Gasteiger partial charge in [-0.1, -0.05) is 13.0 Å². The fourth-order valence-electron chi connectivity index (χ4n) is 2.67. The average Bonchev–Trinajstić information content (AvgIpc) is 2.48. The second-order valence-electron chi connectivity index (χ2n) is 5.53. The molecule has 1 saturated heterocycles. The molecule has 1 aromatic carbocycles. The Morgan fingerprint density at radius 3 is 2.95 bits per heavy atom. The van der Waals surface area contributed by atoms with Crippen LogP contribution in [0.2, 0.25) is 0 Å². The van der Waals surface area contributed by atoms with Crippen LogP contribution >= 0.6 is 0 Å². The number of halogens is 1. The zero-order chi connectivity index (χ0) is 15.3. The molecule has 118 valence electrons. The fourth-order valence-corrected chi connectivity index (χ4v) is 4.26. The number of rotatable bonds is 6. The van der Waals surface area contributed by atoms with Crippen molar-refractivity contribution < 1.29 is 12.8 Å². The summed E-state index contributed by atoms with van der Waals surface area (Å²) in [7, 11) is -3.58. The van der Waals surface area contributed by atoms with E-state index in [0.717, 1.165) is 38.4 Å². The molecule has 0 saturated carbocycles. The van der Waals surface area contributed by atoms with Crippen molar-refractivity contribution >= 4 is 10.0 Å². The Bertz CT molecular complexity index is 563. The van der Waals surface area contributed by atoms with E-state index in [9.17, 15) is 12.8 Å². The molecule has 1 fully saturated rings. The van der Waals surface area contributed by atoms with E-state index in [4.69, 9.17) is 0 Å². The second kappa shape index (κ2) is 7.33. The van der Waals surface area contributed by atoms with Crippen molar-refractivity contribution in [3.63, 3.8) is 0 Å². The smallest absolute Gasteiger partial charge is 0.243 e. The third-order valence-corrected chi connectivity index (χ3v) is 5.64. The number of sulfonamides is 1. The minimum absolute atomic E-state index is 0.0460. The largest absolute Gasteiger partial charge is 0.316 e. The molecule has 0 spiro atoms. The fraction of sp³-hybridized carbons (Fsp3) is 0.600. The summed E-state index contributed by atoms with van der Waals surface area (Å²) >= 11 is 0. The Morgan fingerprint density at radius 1 is 1.43 bits per heavy atom. The van der Waals surface area contributed by atoms with Gasteiger partial charge in [0, 0.05) is 13.1 Å². The number of hydrogen-bond donors (Lipinski definition) is 1. The van der Waals surface area contributed by atoms with E-state index in [-0.39, 0.29) is 4.90 Å². The van der Waals surface area contributed by atoms with Gasteiger partial charge >= 0.3 is 0 Å². The van der Waals surface area contributed by atoms with Gasteiger partial charge in [-0.3, -0.25) is 0 Å². The highest BCUT2D eigenvalue weighted by Crippen LogP contribution is 2.23. The lowest BCUT2D eigenvalue weighted by atomic mass is 10.00. The SMILES string of the molecule is CCCNCC1CCCN(S(=O)(=O)c2cccc(F)c2)C1. The summed E-state index contributed by atoms with van der Waals surface area (Å²) in [5.41, 5.74) is 0. The van der Waals surface area contributed by atoms with E-state index in [0.29, 0.717) is 19.0 Å². The van der Waals surface area contributed by atoms with Gasteiger partial charge in [0.2, 0.25) is 10.0 Å². The maximum absolute atomic E-state index is 13.3. The Labute approximate surface area is 126 Å². The lowest BCUT2D eigenvalue weighted by molar-refractivity contribution is 0.260. The number of benzene rings is 1. The zero-order valence-corrected chi connectivity index (χ0v) is 13.2. The van der Waals surface area contributed by atoms with Crippen molar-refractivity contribution in [3.8, 4) is 0 Å². The maximum atomic E-state index is 13.3. The topological polar surface area (TPSA) is 49.4 Å². The number of piperidine rings is 1. The summed E-state index contributed by atoms with van der Waals surface area (Å²) in [6.07, 6.45) is 2.96. The molecule has 1 heterocycles. The van der Waals surface area contributed by atoms with Crippen LogP contribution in [0.15, 0.2) is 29.2 Å². The van der Waals surface area contributed by atoms with E-state index >= 15 is 0 Å². The highest BCUT2D eigenvalue weighted by atomic mass is 32.2. The first-order valence-corrected chi connectivity index (χ1v) is 8.94. The van der Waals surface area contributed by atoms with E-state index in [2.05, 4.69) is 12.2 Å². The van der Waals surface area contributed by atoms with Gasteiger partial charge in [-0.25, -0.2) is 12.8 Å². The Kier molecular flexibility index (Phi) is 5.72. The normalized spacial score (nSPS) is 20.6. The van der Waals surface area contributed by atoms with Gasteiger partial charge < -0.3 is 5.32 Å². The molecule has 1 unspecified atom stereocenters. The molecule has 0 amide bonds. The van der Waals surface area contributed by atoms with Crippen molar-refractivity contribution in [2.45, 2.75) is 31.1 Å². The van der Waals surface area contributed by atoms with Crippen molar-refractivity contribution in [3.05, 3.63) is 30.1 Å². The van der Waals surface area contributed by atoms with Crippen LogP contribution in [0.1, 0.15) is 26.2 Å². The summed E-state index contributed by atoms with van der Waals surface area (Å²) in [5.74, 6) is -0.192. The lowest BCUT2D eigenvalue weighted by Crippen LogP contribution is -2.42. The minimum Gasteiger partial charge on any atom is -0.316 e. The van der Waals surface area contributed by atoms with Gasteiger partial charge in [0.05, 0.1) is 4.90 Å². The average molecular weight is 314 g/mol. The first-order valence-electron chi connectivity index (χ1n) is 7.50. The number of nitrogens with zero attached hydrogens (tertiary/aromatic N) is 1. The van der Waals surface area contributed by atoms with Gasteiger partial charge in [-0.2, -0.15) is 4.31 Å². The quantitative estimate of drug-likeness (QED) is 0.819. The van der Waals surface area contributed by atoms with E-state index < -0.39 is 15.8 Å². The molecular formula is C15H23FN2O2S. The van der Waals surface area contributed by atoms with Gasteiger partial charge in [0.1, 0.15) is 5.82 Å². The molecule has 1 atom stereocenters. The summed E-state index contributed by atoms with van der Waals surface area (Å²) in [6, 6.07) is 5.24. The van der Waals surface area contributed by atoms with Crippen molar-refractivity contribution in [2.24, 2.45) is 5.92 Å². The van der Waals surface area contributed by atoms with E-state index in [1.54, 1.807) is 0 Å². The predicted molar refractivity (Wildman–Crippen MR) is 81.0 cm³/mol. The van der Waals surface area contributed by atoms with Gasteiger partial charge in [0.25, 0.3) is 0 Å². The molecule has 21 heavy (non-hydrogen) atoms. The molecule has 0 bridgehead atoms. The Balaban J connectivity index is 2.06. The van der Waals surface area contributed by atoms with E-state index in [1.807, 2.05) is 0 Å². The summed E-state index contributed by atoms with van der Waals surface area (Å²) in [5, 5.41) is 3.34. The molecule has 1 aliphatic heterocycles. The van der Waals surface area contributed by atoms with Crippen LogP contribution in [0.4, 0.5) is 4.39 Å². The summed E-state index contributed by atoms with van der Waals surface area (Å²) in [6.45, 7) is 4.92. The molecule has 1 aliphatic rings. The maximum Gasteiger partial charge on any atom is 0.243 e. The van der Waals surface area contributed by atoms with Crippen LogP contribution in [-0.2, 0) is 10.0 Å². The molecule has 4 nitrogen and oxygen atoms in total. The molecule has 1 N–H and O–H groups in total. The van der Waals surface area contributed by atoms with Gasteiger partial charge in [-0.15, -0.1) is 0 Å². The van der Waals surface area contributed by atoms with Gasteiger partial charge in [0.15, 0.2) is 0 Å². The van der Waals surface area contributed by atoms with Crippen molar-refractivity contribution in [1.82, 2.24) is 9.62 Å². The third kappa shape index (κ3) is 4.25. The van der Waals surface area contributed by atoms with Crippen LogP contribution in [0, 0.1) is 11.7 Å². The molecular weight excluding hydrogens is 291 g/mol. The lowest BCUT2D eigenvalue weighted by Gasteiger charge is -2.32. The van der Waals surface area contributed by atoms with Crippen molar-refractivity contribution in [1.29, 1.82) is 0 Å². The molecule has 2 rings (SSSR count).